The first-order chi connectivity index (χ1) is 11.3. The summed E-state index contributed by atoms with van der Waals surface area (Å²) in [5.41, 5.74) is 2.82. The minimum atomic E-state index is -0.371. The summed E-state index contributed by atoms with van der Waals surface area (Å²) < 4.78 is 5.41. The van der Waals surface area contributed by atoms with Crippen molar-refractivity contribution in [2.75, 3.05) is 0 Å². The van der Waals surface area contributed by atoms with E-state index in [9.17, 15) is 9.59 Å². The Morgan fingerprint density at radius 3 is 2.52 bits per heavy atom. The molecule has 0 unspecified atom stereocenters. The van der Waals surface area contributed by atoms with E-state index >= 15 is 0 Å². The Kier molecular flexibility index (Phi) is 6.55. The van der Waals surface area contributed by atoms with E-state index in [0.717, 1.165) is 43.1 Å². The van der Waals surface area contributed by atoms with Gasteiger partial charge in [0.15, 0.2) is 0 Å². The highest BCUT2D eigenvalue weighted by Crippen LogP contribution is 2.19. The quantitative estimate of drug-likeness (QED) is 0.407. The molecule has 0 aromatic heterocycles. The second-order valence-electron chi connectivity index (χ2n) is 5.51. The molecule has 23 heavy (non-hydrogen) atoms. The smallest absolute Gasteiger partial charge is 0.338 e. The second-order valence-corrected chi connectivity index (χ2v) is 5.51. The first-order valence-corrected chi connectivity index (χ1v) is 8.04. The molecule has 0 fully saturated rings. The summed E-state index contributed by atoms with van der Waals surface area (Å²) in [6, 6.07) is 14.8. The Morgan fingerprint density at radius 1 is 1.04 bits per heavy atom. The summed E-state index contributed by atoms with van der Waals surface area (Å²) >= 11 is 0. The van der Waals surface area contributed by atoms with Gasteiger partial charge in [0.05, 0.1) is 5.56 Å². The van der Waals surface area contributed by atoms with Crippen LogP contribution in [-0.4, -0.2) is 12.3 Å². The summed E-state index contributed by atoms with van der Waals surface area (Å²) in [7, 11) is 0. The van der Waals surface area contributed by atoms with Gasteiger partial charge in [-0.3, -0.25) is 4.79 Å². The summed E-state index contributed by atoms with van der Waals surface area (Å²) in [6.45, 7) is 2.36. The number of rotatable bonds is 8. The van der Waals surface area contributed by atoms with Crippen LogP contribution < -0.4 is 0 Å². The molecule has 0 amide bonds. The topological polar surface area (TPSA) is 43.4 Å². The van der Waals surface area contributed by atoms with Crippen molar-refractivity contribution in [1.29, 1.82) is 0 Å². The lowest BCUT2D eigenvalue weighted by molar-refractivity contribution is 0.0471. The SMILES string of the molecule is CCCCCc1c(C=O)cccc1C(=O)OCc1ccccc1. The predicted molar refractivity (Wildman–Crippen MR) is 90.6 cm³/mol. The molecule has 0 saturated heterocycles. The van der Waals surface area contributed by atoms with Crippen LogP contribution in [-0.2, 0) is 17.8 Å². The number of esters is 1. The van der Waals surface area contributed by atoms with Gasteiger partial charge in [0.25, 0.3) is 0 Å². The molecule has 0 spiro atoms. The molecule has 0 atom stereocenters. The summed E-state index contributed by atoms with van der Waals surface area (Å²) in [4.78, 5) is 23.7. The third-order valence-electron chi connectivity index (χ3n) is 3.80. The summed E-state index contributed by atoms with van der Waals surface area (Å²) in [6.07, 6.45) is 4.66. The molecule has 2 aromatic carbocycles. The number of ether oxygens (including phenoxy) is 1. The van der Waals surface area contributed by atoms with Gasteiger partial charge in [-0.05, 0) is 30.0 Å². The Bertz CT molecular complexity index is 647. The molecule has 120 valence electrons. The maximum Gasteiger partial charge on any atom is 0.338 e. The largest absolute Gasteiger partial charge is 0.457 e. The molecule has 0 aliphatic heterocycles. The van der Waals surface area contributed by atoms with Crippen LogP contribution in [0.4, 0.5) is 0 Å². The van der Waals surface area contributed by atoms with Crippen molar-refractivity contribution < 1.29 is 14.3 Å². The lowest BCUT2D eigenvalue weighted by Crippen LogP contribution is -2.10. The van der Waals surface area contributed by atoms with Crippen LogP contribution in [0.25, 0.3) is 0 Å². The lowest BCUT2D eigenvalue weighted by Gasteiger charge is -2.12. The van der Waals surface area contributed by atoms with E-state index in [1.165, 1.54) is 0 Å². The molecule has 0 bridgehead atoms. The van der Waals surface area contributed by atoms with Crippen LogP contribution in [0.5, 0.6) is 0 Å². The average Bonchev–Trinajstić information content (AvgIpc) is 2.60. The zero-order chi connectivity index (χ0) is 16.5. The fourth-order valence-electron chi connectivity index (χ4n) is 2.54. The minimum Gasteiger partial charge on any atom is -0.457 e. The molecule has 0 N–H and O–H groups in total. The predicted octanol–water partition coefficient (Wildman–Crippen LogP) is 4.59. The monoisotopic (exact) mass is 310 g/mol. The fraction of sp³-hybridized carbons (Fsp3) is 0.300. The van der Waals surface area contributed by atoms with Gasteiger partial charge in [0.1, 0.15) is 12.9 Å². The highest BCUT2D eigenvalue weighted by Gasteiger charge is 2.15. The maximum atomic E-state index is 12.4. The van der Waals surface area contributed by atoms with Crippen molar-refractivity contribution in [3.05, 3.63) is 70.8 Å². The molecule has 0 aliphatic carbocycles. The van der Waals surface area contributed by atoms with Gasteiger partial charge in [-0.1, -0.05) is 62.2 Å². The van der Waals surface area contributed by atoms with Gasteiger partial charge < -0.3 is 4.74 Å². The number of hydrogen-bond donors (Lipinski definition) is 0. The zero-order valence-electron chi connectivity index (χ0n) is 13.5. The van der Waals surface area contributed by atoms with E-state index in [1.807, 2.05) is 30.3 Å². The van der Waals surface area contributed by atoms with Crippen LogP contribution in [0.15, 0.2) is 48.5 Å². The number of hydrogen-bond acceptors (Lipinski definition) is 3. The summed E-state index contributed by atoms with van der Waals surface area (Å²) in [5.74, 6) is -0.371. The molecule has 0 radical (unpaired) electrons. The van der Waals surface area contributed by atoms with Gasteiger partial charge in [0, 0.05) is 5.56 Å². The number of unbranched alkanes of at least 4 members (excludes halogenated alkanes) is 2. The number of aldehydes is 1. The maximum absolute atomic E-state index is 12.4. The van der Waals surface area contributed by atoms with Crippen molar-refractivity contribution in [3.8, 4) is 0 Å². The molecule has 3 nitrogen and oxygen atoms in total. The van der Waals surface area contributed by atoms with Crippen LogP contribution in [0, 0.1) is 0 Å². The molecular weight excluding hydrogens is 288 g/mol. The van der Waals surface area contributed by atoms with Gasteiger partial charge in [0.2, 0.25) is 0 Å². The Morgan fingerprint density at radius 2 is 1.83 bits per heavy atom. The van der Waals surface area contributed by atoms with Crippen molar-refractivity contribution >= 4 is 12.3 Å². The molecule has 0 aliphatic rings. The molecule has 3 heteroatoms. The summed E-state index contributed by atoms with van der Waals surface area (Å²) in [5, 5.41) is 0. The van der Waals surface area contributed by atoms with Gasteiger partial charge in [-0.2, -0.15) is 0 Å². The lowest BCUT2D eigenvalue weighted by atomic mass is 9.96. The highest BCUT2D eigenvalue weighted by molar-refractivity contribution is 5.94. The molecule has 2 aromatic rings. The Balaban J connectivity index is 2.13. The Labute approximate surface area is 137 Å². The van der Waals surface area contributed by atoms with E-state index in [1.54, 1.807) is 18.2 Å². The van der Waals surface area contributed by atoms with Crippen molar-refractivity contribution in [3.63, 3.8) is 0 Å². The third-order valence-corrected chi connectivity index (χ3v) is 3.80. The van der Waals surface area contributed by atoms with Crippen LogP contribution >= 0.6 is 0 Å². The fourth-order valence-corrected chi connectivity index (χ4v) is 2.54. The zero-order valence-corrected chi connectivity index (χ0v) is 13.5. The van der Waals surface area contributed by atoms with Crippen LogP contribution in [0.1, 0.15) is 58.0 Å². The van der Waals surface area contributed by atoms with E-state index in [4.69, 9.17) is 4.74 Å². The molecule has 2 rings (SSSR count). The van der Waals surface area contributed by atoms with E-state index < -0.39 is 0 Å². The van der Waals surface area contributed by atoms with Crippen molar-refractivity contribution in [2.45, 2.75) is 39.2 Å². The van der Waals surface area contributed by atoms with Gasteiger partial charge >= 0.3 is 5.97 Å². The Hall–Kier alpha value is -2.42. The average molecular weight is 310 g/mol. The first-order valence-electron chi connectivity index (χ1n) is 8.04. The van der Waals surface area contributed by atoms with Gasteiger partial charge in [-0.25, -0.2) is 4.79 Å². The molecule has 0 heterocycles. The van der Waals surface area contributed by atoms with Gasteiger partial charge in [-0.15, -0.1) is 0 Å². The highest BCUT2D eigenvalue weighted by atomic mass is 16.5. The van der Waals surface area contributed by atoms with E-state index in [0.29, 0.717) is 11.1 Å². The van der Waals surface area contributed by atoms with E-state index in [-0.39, 0.29) is 12.6 Å². The van der Waals surface area contributed by atoms with E-state index in [2.05, 4.69) is 6.92 Å². The third kappa shape index (κ3) is 4.78. The first kappa shape index (κ1) is 16.9. The molecule has 0 saturated carbocycles. The standard InChI is InChI=1S/C20H22O3/c1-2-3-5-12-18-17(14-21)11-8-13-19(18)20(22)23-15-16-9-6-4-7-10-16/h4,6-11,13-14H,2-3,5,12,15H2,1H3. The molecular formula is C20H22O3. The van der Waals surface area contributed by atoms with Crippen LogP contribution in [0.3, 0.4) is 0 Å². The second kappa shape index (κ2) is 8.89. The minimum absolute atomic E-state index is 0.236. The number of carbonyl (C=O) groups is 2. The van der Waals surface area contributed by atoms with Crippen molar-refractivity contribution in [1.82, 2.24) is 0 Å². The van der Waals surface area contributed by atoms with Crippen molar-refractivity contribution in [2.24, 2.45) is 0 Å². The number of benzene rings is 2. The van der Waals surface area contributed by atoms with Crippen LogP contribution in [0.2, 0.25) is 0 Å². The normalized spacial score (nSPS) is 10.3. The number of carbonyl (C=O) groups excluding carboxylic acids is 2.